The molecule has 0 aromatic carbocycles. The van der Waals surface area contributed by atoms with Gasteiger partial charge in [-0.2, -0.15) is 0 Å². The van der Waals surface area contributed by atoms with Crippen LogP contribution in [0.3, 0.4) is 0 Å². The molecule has 6 atom stereocenters. The molecular formula is C22H43N5O6. The number of carboxylic acid groups (broad SMARTS) is 1. The average Bonchev–Trinajstić information content (AvgIpc) is 2.74. The Labute approximate surface area is 196 Å². The van der Waals surface area contributed by atoms with E-state index in [0.717, 1.165) is 0 Å². The molecular weight excluding hydrogens is 430 g/mol. The zero-order valence-corrected chi connectivity index (χ0v) is 20.5. The first-order valence-corrected chi connectivity index (χ1v) is 11.6. The molecule has 0 saturated carbocycles. The normalized spacial score (nSPS) is 16.8. The first-order chi connectivity index (χ1) is 15.3. The van der Waals surface area contributed by atoms with Gasteiger partial charge in [0.25, 0.3) is 0 Å². The average molecular weight is 474 g/mol. The molecule has 0 aromatic heterocycles. The van der Waals surface area contributed by atoms with Crippen molar-refractivity contribution in [1.29, 1.82) is 0 Å². The quantitative estimate of drug-likeness (QED) is 0.145. The van der Waals surface area contributed by atoms with E-state index < -0.39 is 54.0 Å². The van der Waals surface area contributed by atoms with Crippen LogP contribution in [0.4, 0.5) is 0 Å². The highest BCUT2D eigenvalue weighted by Gasteiger charge is 2.33. The number of aliphatic hydroxyl groups excluding tert-OH is 1. The van der Waals surface area contributed by atoms with Crippen LogP contribution in [0.1, 0.15) is 66.7 Å². The molecule has 9 N–H and O–H groups in total. The molecule has 0 fully saturated rings. The lowest BCUT2D eigenvalue weighted by Gasteiger charge is -2.28. The van der Waals surface area contributed by atoms with Gasteiger partial charge >= 0.3 is 5.97 Å². The standard InChI is InChI=1S/C22H43N5O6/c1-6-13(4)18(27-20(30)17(24)14(5)28)21(31)25-15(9-7-8-10-23)19(29)26-16(22(32)33)11-12(2)3/h12-18,28H,6-11,23-24H2,1-5H3,(H,25,31)(H,26,29)(H,27,30)(H,32,33). The fraction of sp³-hybridized carbons (Fsp3) is 0.818. The highest BCUT2D eigenvalue weighted by atomic mass is 16.4. The monoisotopic (exact) mass is 473 g/mol. The second-order valence-electron chi connectivity index (χ2n) is 9.01. The molecule has 0 aliphatic rings. The predicted molar refractivity (Wildman–Crippen MR) is 125 cm³/mol. The topological polar surface area (TPSA) is 197 Å². The Balaban J connectivity index is 5.57. The van der Waals surface area contributed by atoms with E-state index in [4.69, 9.17) is 11.5 Å². The number of carboxylic acids is 1. The summed E-state index contributed by atoms with van der Waals surface area (Å²) in [4.78, 5) is 49.8. The summed E-state index contributed by atoms with van der Waals surface area (Å²) in [6, 6.07) is -4.27. The van der Waals surface area contributed by atoms with Gasteiger partial charge in [-0.15, -0.1) is 0 Å². The minimum absolute atomic E-state index is 0.0415. The lowest BCUT2D eigenvalue weighted by atomic mass is 9.96. The van der Waals surface area contributed by atoms with Crippen LogP contribution in [0.25, 0.3) is 0 Å². The second kappa shape index (κ2) is 15.6. The summed E-state index contributed by atoms with van der Waals surface area (Å²) in [6.07, 6.45) is 1.13. The number of hydrogen-bond donors (Lipinski definition) is 7. The summed E-state index contributed by atoms with van der Waals surface area (Å²) in [5.74, 6) is -3.27. The van der Waals surface area contributed by atoms with E-state index in [-0.39, 0.29) is 24.7 Å². The fourth-order valence-electron chi connectivity index (χ4n) is 3.16. The van der Waals surface area contributed by atoms with Gasteiger partial charge in [0.2, 0.25) is 17.7 Å². The number of aliphatic hydroxyl groups is 1. The van der Waals surface area contributed by atoms with E-state index in [0.29, 0.717) is 25.8 Å². The first-order valence-electron chi connectivity index (χ1n) is 11.6. The Kier molecular flexibility index (Phi) is 14.5. The highest BCUT2D eigenvalue weighted by Crippen LogP contribution is 2.11. The van der Waals surface area contributed by atoms with Gasteiger partial charge in [0.05, 0.1) is 6.10 Å². The summed E-state index contributed by atoms with van der Waals surface area (Å²) < 4.78 is 0. The molecule has 11 nitrogen and oxygen atoms in total. The number of nitrogens with one attached hydrogen (secondary N) is 3. The van der Waals surface area contributed by atoms with Gasteiger partial charge in [-0.05, 0) is 51.0 Å². The van der Waals surface area contributed by atoms with Crippen LogP contribution in [0.5, 0.6) is 0 Å². The molecule has 0 aliphatic carbocycles. The first kappa shape index (κ1) is 30.8. The van der Waals surface area contributed by atoms with Gasteiger partial charge < -0.3 is 37.6 Å². The molecule has 6 unspecified atom stereocenters. The molecule has 0 aliphatic heterocycles. The fourth-order valence-corrected chi connectivity index (χ4v) is 3.16. The minimum atomic E-state index is -1.21. The van der Waals surface area contributed by atoms with Gasteiger partial charge in [0.1, 0.15) is 24.2 Å². The third-order valence-electron chi connectivity index (χ3n) is 5.52. The van der Waals surface area contributed by atoms with Crippen molar-refractivity contribution in [3.05, 3.63) is 0 Å². The molecule has 0 bridgehead atoms. The minimum Gasteiger partial charge on any atom is -0.480 e. The van der Waals surface area contributed by atoms with E-state index in [2.05, 4.69) is 16.0 Å². The van der Waals surface area contributed by atoms with Crippen LogP contribution >= 0.6 is 0 Å². The Morgan fingerprint density at radius 1 is 0.879 bits per heavy atom. The van der Waals surface area contributed by atoms with Gasteiger partial charge in [0.15, 0.2) is 0 Å². The van der Waals surface area contributed by atoms with E-state index in [9.17, 15) is 29.4 Å². The smallest absolute Gasteiger partial charge is 0.326 e. The number of nitrogens with two attached hydrogens (primary N) is 2. The number of rotatable bonds is 16. The number of aliphatic carboxylic acids is 1. The van der Waals surface area contributed by atoms with Crippen molar-refractivity contribution in [1.82, 2.24) is 16.0 Å². The number of unbranched alkanes of at least 4 members (excludes halogenated alkanes) is 1. The van der Waals surface area contributed by atoms with E-state index in [1.807, 2.05) is 20.8 Å². The van der Waals surface area contributed by atoms with Crippen LogP contribution in [0.2, 0.25) is 0 Å². The largest absolute Gasteiger partial charge is 0.480 e. The van der Waals surface area contributed by atoms with E-state index >= 15 is 0 Å². The number of amides is 3. The molecule has 3 amide bonds. The summed E-state index contributed by atoms with van der Waals surface area (Å²) in [5, 5.41) is 26.7. The summed E-state index contributed by atoms with van der Waals surface area (Å²) >= 11 is 0. The van der Waals surface area contributed by atoms with Crippen LogP contribution in [0.15, 0.2) is 0 Å². The highest BCUT2D eigenvalue weighted by molar-refractivity contribution is 5.94. The molecule has 0 spiro atoms. The summed E-state index contributed by atoms with van der Waals surface area (Å²) in [5.41, 5.74) is 11.2. The zero-order chi connectivity index (χ0) is 25.7. The summed E-state index contributed by atoms with van der Waals surface area (Å²) in [7, 11) is 0. The molecule has 0 rings (SSSR count). The van der Waals surface area contributed by atoms with Gasteiger partial charge in [-0.3, -0.25) is 14.4 Å². The van der Waals surface area contributed by atoms with Crippen LogP contribution in [0, 0.1) is 11.8 Å². The van der Waals surface area contributed by atoms with Crippen molar-refractivity contribution in [2.24, 2.45) is 23.3 Å². The maximum atomic E-state index is 13.1. The van der Waals surface area contributed by atoms with Crippen molar-refractivity contribution < 1.29 is 29.4 Å². The van der Waals surface area contributed by atoms with Crippen LogP contribution in [-0.4, -0.2) is 70.7 Å². The van der Waals surface area contributed by atoms with Gasteiger partial charge in [-0.1, -0.05) is 34.1 Å². The Morgan fingerprint density at radius 2 is 1.45 bits per heavy atom. The van der Waals surface area contributed by atoms with Crippen molar-refractivity contribution in [3.63, 3.8) is 0 Å². The number of carbonyl (C=O) groups excluding carboxylic acids is 3. The van der Waals surface area contributed by atoms with Gasteiger partial charge in [-0.25, -0.2) is 4.79 Å². The second-order valence-corrected chi connectivity index (χ2v) is 9.01. The SMILES string of the molecule is CCC(C)C(NC(=O)C(N)C(C)O)C(=O)NC(CCCCN)C(=O)NC(CC(C)C)C(=O)O. The molecule has 0 heterocycles. The van der Waals surface area contributed by atoms with Crippen molar-refractivity contribution >= 4 is 23.7 Å². The van der Waals surface area contributed by atoms with Crippen molar-refractivity contribution in [3.8, 4) is 0 Å². The van der Waals surface area contributed by atoms with Crippen molar-refractivity contribution in [2.45, 2.75) is 97.0 Å². The van der Waals surface area contributed by atoms with Gasteiger partial charge in [0, 0.05) is 0 Å². The molecule has 0 radical (unpaired) electrons. The summed E-state index contributed by atoms with van der Waals surface area (Å²) in [6.45, 7) is 9.10. The predicted octanol–water partition coefficient (Wildman–Crippen LogP) is -0.545. The molecule has 0 saturated heterocycles. The van der Waals surface area contributed by atoms with Crippen molar-refractivity contribution in [2.75, 3.05) is 6.54 Å². The molecule has 192 valence electrons. The Morgan fingerprint density at radius 3 is 1.91 bits per heavy atom. The maximum absolute atomic E-state index is 13.1. The van der Waals surface area contributed by atoms with E-state index in [1.165, 1.54) is 6.92 Å². The Bertz CT molecular complexity index is 643. The molecule has 11 heteroatoms. The third kappa shape index (κ3) is 11.4. The molecule has 0 aromatic rings. The van der Waals surface area contributed by atoms with Crippen LogP contribution < -0.4 is 27.4 Å². The third-order valence-corrected chi connectivity index (χ3v) is 5.52. The van der Waals surface area contributed by atoms with E-state index in [1.54, 1.807) is 6.92 Å². The Hall–Kier alpha value is -2.24. The number of hydrogen-bond acceptors (Lipinski definition) is 7. The lowest BCUT2D eigenvalue weighted by molar-refractivity contribution is -0.143. The van der Waals surface area contributed by atoms with Crippen LogP contribution in [-0.2, 0) is 19.2 Å². The maximum Gasteiger partial charge on any atom is 0.326 e. The molecule has 33 heavy (non-hydrogen) atoms. The zero-order valence-electron chi connectivity index (χ0n) is 20.5. The number of carbonyl (C=O) groups is 4. The lowest BCUT2D eigenvalue weighted by Crippen LogP contribution is -2.59.